The molecule has 0 radical (unpaired) electrons. The number of benzene rings is 3. The van der Waals surface area contributed by atoms with Crippen molar-refractivity contribution in [1.29, 1.82) is 0 Å². The van der Waals surface area contributed by atoms with Crippen molar-refractivity contribution in [2.45, 2.75) is 21.6 Å². The van der Waals surface area contributed by atoms with E-state index in [0.717, 1.165) is 17.7 Å². The van der Waals surface area contributed by atoms with Crippen LogP contribution in [0, 0.1) is 6.92 Å². The summed E-state index contributed by atoms with van der Waals surface area (Å²) in [6, 6.07) is 13.5. The molecule has 0 aliphatic rings. The lowest BCUT2D eigenvalue weighted by molar-refractivity contribution is -0.668. The van der Waals surface area contributed by atoms with Crippen LogP contribution in [0.5, 0.6) is 0 Å². The molecule has 0 bridgehead atoms. The Balaban J connectivity index is 0.000000308. The SMILES string of the molecule is C=C(O[O-])S(=O)(=O)c1cccc2c(S(=O)(=O)CC(=O)[O-])cccc12.Cc1cccc(S(=O)(=O)CC(=O)[O-])c1. The second-order valence-corrected chi connectivity index (χ2v) is 13.5. The van der Waals surface area contributed by atoms with E-state index in [4.69, 9.17) is 0 Å². The van der Waals surface area contributed by atoms with Gasteiger partial charge < -0.3 is 29.9 Å². The molecule has 0 unspecified atom stereocenters. The van der Waals surface area contributed by atoms with Gasteiger partial charge in [-0.1, -0.05) is 36.4 Å². The van der Waals surface area contributed by atoms with Gasteiger partial charge in [-0.3, -0.25) is 0 Å². The molecule has 0 amide bonds. The summed E-state index contributed by atoms with van der Waals surface area (Å²) >= 11 is 0. The van der Waals surface area contributed by atoms with E-state index in [-0.39, 0.29) is 25.5 Å². The normalized spacial score (nSPS) is 11.7. The Labute approximate surface area is 218 Å². The van der Waals surface area contributed by atoms with Gasteiger partial charge in [-0.05, 0) is 43.3 Å². The summed E-state index contributed by atoms with van der Waals surface area (Å²) < 4.78 is 71.5. The first-order valence-electron chi connectivity index (χ1n) is 10.2. The van der Waals surface area contributed by atoms with Crippen molar-refractivity contribution in [1.82, 2.24) is 0 Å². The maximum absolute atomic E-state index is 12.2. The Morgan fingerprint density at radius 3 is 1.74 bits per heavy atom. The summed E-state index contributed by atoms with van der Waals surface area (Å²) in [5, 5.41) is 30.1. The third-order valence-electron chi connectivity index (χ3n) is 4.82. The summed E-state index contributed by atoms with van der Waals surface area (Å²) in [5.74, 6) is -5.61. The van der Waals surface area contributed by atoms with Crippen LogP contribution in [0.4, 0.5) is 0 Å². The van der Waals surface area contributed by atoms with Gasteiger partial charge in [-0.15, -0.1) is 0 Å². The summed E-state index contributed by atoms with van der Waals surface area (Å²) in [4.78, 5) is 23.5. The highest BCUT2D eigenvalue weighted by Crippen LogP contribution is 2.31. The molecule has 0 aliphatic heterocycles. The Hall–Kier alpha value is -3.79. The minimum Gasteiger partial charge on any atom is -0.663 e. The molecule has 0 N–H and O–H groups in total. The maximum Gasteiger partial charge on any atom is 0.238 e. The van der Waals surface area contributed by atoms with Crippen LogP contribution in [0.1, 0.15) is 5.56 Å². The molecular formula is C23H19O12S3-3. The average molecular weight is 584 g/mol. The van der Waals surface area contributed by atoms with E-state index >= 15 is 0 Å². The van der Waals surface area contributed by atoms with Gasteiger partial charge in [-0.2, -0.15) is 0 Å². The predicted octanol–water partition coefficient (Wildman–Crippen LogP) is -1.58. The Kier molecular flexibility index (Phi) is 9.39. The highest BCUT2D eigenvalue weighted by Gasteiger charge is 2.24. The van der Waals surface area contributed by atoms with E-state index in [1.165, 1.54) is 36.4 Å². The van der Waals surface area contributed by atoms with E-state index in [1.807, 2.05) is 0 Å². The second-order valence-electron chi connectivity index (χ2n) is 7.64. The summed E-state index contributed by atoms with van der Waals surface area (Å²) in [6.07, 6.45) is 0. The quantitative estimate of drug-likeness (QED) is 0.158. The zero-order valence-corrected chi connectivity index (χ0v) is 22.0. The molecule has 38 heavy (non-hydrogen) atoms. The molecule has 0 fully saturated rings. The largest absolute Gasteiger partial charge is 0.663 e. The fourth-order valence-electron chi connectivity index (χ4n) is 3.21. The predicted molar refractivity (Wildman–Crippen MR) is 127 cm³/mol. The summed E-state index contributed by atoms with van der Waals surface area (Å²) in [7, 11) is -12.3. The molecule has 3 aromatic carbocycles. The third-order valence-corrected chi connectivity index (χ3v) is 9.66. The van der Waals surface area contributed by atoms with Crippen molar-refractivity contribution >= 4 is 52.2 Å². The number of hydrogen-bond donors (Lipinski definition) is 0. The number of carbonyl (C=O) groups excluding carboxylic acids is 2. The fraction of sp³-hybridized carbons (Fsp3) is 0.130. The van der Waals surface area contributed by atoms with Gasteiger partial charge in [0.25, 0.3) is 0 Å². The van der Waals surface area contributed by atoms with Gasteiger partial charge in [0.15, 0.2) is 19.7 Å². The van der Waals surface area contributed by atoms with E-state index < -0.39 is 58.0 Å². The van der Waals surface area contributed by atoms with E-state index in [2.05, 4.69) is 11.5 Å². The first kappa shape index (κ1) is 30.4. The molecule has 3 aromatic rings. The van der Waals surface area contributed by atoms with Gasteiger partial charge in [-0.25, -0.2) is 25.3 Å². The monoisotopic (exact) mass is 583 g/mol. The van der Waals surface area contributed by atoms with Crippen molar-refractivity contribution in [3.63, 3.8) is 0 Å². The van der Waals surface area contributed by atoms with Gasteiger partial charge in [0, 0.05) is 10.8 Å². The smallest absolute Gasteiger partial charge is 0.238 e. The van der Waals surface area contributed by atoms with Crippen LogP contribution < -0.4 is 15.5 Å². The highest BCUT2D eigenvalue weighted by molar-refractivity contribution is 7.95. The summed E-state index contributed by atoms with van der Waals surface area (Å²) in [6.45, 7) is 4.75. The summed E-state index contributed by atoms with van der Waals surface area (Å²) in [5.41, 5.74) is 0.768. The van der Waals surface area contributed by atoms with E-state index in [1.54, 1.807) is 19.1 Å². The standard InChI is InChI=1S/C14H12O8S2.C9H10O4S/c1-9(22-17)24(20,21)13-7-3-4-10-11(13)5-2-6-12(10)23(18,19)8-14(15)16;1-7-3-2-4-8(5-7)14(12,13)6-9(10)11/h2-7,17H,1,8H2,(H,15,16);2-5H,6H2,1H3,(H,10,11)/p-3. The number of carboxylic acid groups (broad SMARTS) is 2. The minimum absolute atomic E-state index is 0.0153. The van der Waals surface area contributed by atoms with Crippen LogP contribution in [-0.4, -0.2) is 48.7 Å². The molecule has 0 saturated carbocycles. The van der Waals surface area contributed by atoms with Gasteiger partial charge in [0.1, 0.15) is 0 Å². The Morgan fingerprint density at radius 1 is 0.763 bits per heavy atom. The van der Waals surface area contributed by atoms with Crippen LogP contribution in [0.2, 0.25) is 0 Å². The first-order valence-corrected chi connectivity index (χ1v) is 15.0. The number of carbonyl (C=O) groups is 2. The molecule has 12 nitrogen and oxygen atoms in total. The van der Waals surface area contributed by atoms with E-state index in [9.17, 15) is 50.3 Å². The van der Waals surface area contributed by atoms with Crippen LogP contribution in [0.15, 0.2) is 87.0 Å². The first-order chi connectivity index (χ1) is 17.5. The zero-order valence-electron chi connectivity index (χ0n) is 19.5. The molecule has 0 spiro atoms. The third kappa shape index (κ3) is 7.16. The van der Waals surface area contributed by atoms with Crippen molar-refractivity contribution in [3.05, 3.63) is 77.9 Å². The average Bonchev–Trinajstić information content (AvgIpc) is 2.81. The van der Waals surface area contributed by atoms with Crippen LogP contribution in [-0.2, 0) is 44.0 Å². The van der Waals surface area contributed by atoms with Gasteiger partial charge in [0.2, 0.25) is 14.9 Å². The molecule has 3 rings (SSSR count). The van der Waals surface area contributed by atoms with Crippen molar-refractivity contribution in [3.8, 4) is 0 Å². The van der Waals surface area contributed by atoms with Crippen LogP contribution >= 0.6 is 0 Å². The van der Waals surface area contributed by atoms with Gasteiger partial charge >= 0.3 is 0 Å². The molecule has 0 heterocycles. The zero-order chi connectivity index (χ0) is 28.9. The highest BCUT2D eigenvalue weighted by atomic mass is 32.2. The Morgan fingerprint density at radius 2 is 1.24 bits per heavy atom. The fourth-order valence-corrected chi connectivity index (χ4v) is 6.66. The molecule has 0 aromatic heterocycles. The second kappa shape index (κ2) is 11.7. The number of fused-ring (bicyclic) bond motifs is 1. The van der Waals surface area contributed by atoms with E-state index in [0.29, 0.717) is 0 Å². The lowest BCUT2D eigenvalue weighted by Gasteiger charge is -2.15. The lowest BCUT2D eigenvalue weighted by Crippen LogP contribution is -2.30. The number of carboxylic acids is 2. The Bertz CT molecular complexity index is 1720. The van der Waals surface area contributed by atoms with Crippen molar-refractivity contribution < 1.29 is 55.2 Å². The lowest BCUT2D eigenvalue weighted by atomic mass is 10.1. The maximum atomic E-state index is 12.2. The minimum atomic E-state index is -4.35. The van der Waals surface area contributed by atoms with Crippen LogP contribution in [0.3, 0.4) is 0 Å². The number of aryl methyl sites for hydroxylation is 1. The topological polar surface area (TPSA) is 215 Å². The van der Waals surface area contributed by atoms with Crippen LogP contribution in [0.25, 0.3) is 10.8 Å². The molecule has 0 saturated heterocycles. The van der Waals surface area contributed by atoms with Gasteiger partial charge in [0.05, 0.1) is 38.1 Å². The van der Waals surface area contributed by atoms with Crippen molar-refractivity contribution in [2.75, 3.05) is 11.5 Å². The van der Waals surface area contributed by atoms with Crippen molar-refractivity contribution in [2.24, 2.45) is 0 Å². The molecule has 0 aliphatic carbocycles. The number of sulfone groups is 3. The molecule has 204 valence electrons. The molecule has 15 heteroatoms. The number of aliphatic carboxylic acids is 2. The molecule has 0 atom stereocenters. The number of hydrogen-bond acceptors (Lipinski definition) is 12. The molecular weight excluding hydrogens is 564 g/mol. The number of rotatable bonds is 9.